The van der Waals surface area contributed by atoms with Crippen molar-refractivity contribution in [1.82, 2.24) is 14.5 Å². The van der Waals surface area contributed by atoms with Gasteiger partial charge >= 0.3 is 12.1 Å². The Bertz CT molecular complexity index is 1640. The van der Waals surface area contributed by atoms with Crippen LogP contribution in [-0.2, 0) is 27.9 Å². The van der Waals surface area contributed by atoms with Gasteiger partial charge in [-0.05, 0) is 67.4 Å². The molecule has 4 rings (SSSR count). The molecule has 12 nitrogen and oxygen atoms in total. The van der Waals surface area contributed by atoms with E-state index in [1.807, 2.05) is 43.7 Å². The number of methoxy groups -OCH3 is 2. The van der Waals surface area contributed by atoms with E-state index >= 15 is 0 Å². The number of rotatable bonds is 9. The maximum atomic E-state index is 13.5. The third-order valence-electron chi connectivity index (χ3n) is 6.68. The van der Waals surface area contributed by atoms with Crippen molar-refractivity contribution in [2.45, 2.75) is 26.9 Å². The largest absolute Gasteiger partial charge is 0.486 e. The molecule has 218 valence electrons. The molecule has 0 aliphatic carbocycles. The van der Waals surface area contributed by atoms with Gasteiger partial charge in [-0.25, -0.2) is 14.8 Å². The summed E-state index contributed by atoms with van der Waals surface area (Å²) in [5, 5.41) is 0. The van der Waals surface area contributed by atoms with Crippen LogP contribution in [0.2, 0.25) is 0 Å². The first-order valence-corrected chi connectivity index (χ1v) is 13.0. The summed E-state index contributed by atoms with van der Waals surface area (Å²) in [5.41, 5.74) is 10.1. The third-order valence-corrected chi connectivity index (χ3v) is 6.68. The highest BCUT2D eigenvalue weighted by atomic mass is 16.5. The van der Waals surface area contributed by atoms with Crippen LogP contribution in [0.4, 0.5) is 10.6 Å². The number of aryl methyl sites for hydroxylation is 3. The monoisotopic (exact) mass is 572 g/mol. The van der Waals surface area contributed by atoms with Crippen LogP contribution in [0.25, 0.3) is 11.0 Å². The van der Waals surface area contributed by atoms with Crippen molar-refractivity contribution in [2.24, 2.45) is 17.8 Å². The number of amides is 2. The molecule has 2 amide bonds. The Morgan fingerprint density at radius 3 is 2.40 bits per heavy atom. The van der Waals surface area contributed by atoms with Gasteiger partial charge in [0.05, 0.1) is 31.7 Å². The van der Waals surface area contributed by atoms with Crippen LogP contribution in [0.1, 0.15) is 39.3 Å². The highest BCUT2D eigenvalue weighted by molar-refractivity contribution is 6.07. The Labute approximate surface area is 242 Å². The van der Waals surface area contributed by atoms with Crippen LogP contribution in [0.3, 0.4) is 0 Å². The molecule has 0 bridgehead atoms. The second-order valence-electron chi connectivity index (χ2n) is 9.45. The van der Waals surface area contributed by atoms with Gasteiger partial charge in [0.1, 0.15) is 29.8 Å². The number of carbonyl (C=O) groups excluding carboxylic acids is 3. The standard InChI is InChI=1S/C30H32N6O6/c1-18-14-21(15-19(2)27(18)28(31)34-30(39)41-5)42-17-25-33-22-16-20(9-10-23(22)35(25)3)29(38)36(13-11-26(37)40-4)24-8-6-7-12-32-24/h6-10,12,14-16H,11,13,17H2,1-5H3,(H2,31,34,39). The summed E-state index contributed by atoms with van der Waals surface area (Å²) in [7, 11) is 4.41. The molecule has 0 saturated carbocycles. The predicted octanol–water partition coefficient (Wildman–Crippen LogP) is 3.85. The highest BCUT2D eigenvalue weighted by Crippen LogP contribution is 2.25. The molecule has 12 heteroatoms. The Balaban J connectivity index is 1.55. The topological polar surface area (TPSA) is 151 Å². The van der Waals surface area contributed by atoms with E-state index in [4.69, 9.17) is 20.2 Å². The van der Waals surface area contributed by atoms with E-state index in [0.717, 1.165) is 16.6 Å². The molecule has 0 unspecified atom stereocenters. The summed E-state index contributed by atoms with van der Waals surface area (Å²) < 4.78 is 17.3. The predicted molar refractivity (Wildman–Crippen MR) is 157 cm³/mol. The zero-order valence-electron chi connectivity index (χ0n) is 24.1. The Kier molecular flexibility index (Phi) is 9.15. The van der Waals surface area contributed by atoms with E-state index in [1.165, 1.54) is 19.1 Å². The van der Waals surface area contributed by atoms with E-state index in [2.05, 4.69) is 14.7 Å². The summed E-state index contributed by atoms with van der Waals surface area (Å²) in [4.78, 5) is 51.0. The molecule has 0 aliphatic rings. The minimum absolute atomic E-state index is 0.0245. The second-order valence-corrected chi connectivity index (χ2v) is 9.45. The van der Waals surface area contributed by atoms with Crippen LogP contribution in [0.5, 0.6) is 5.75 Å². The van der Waals surface area contributed by atoms with Crippen molar-refractivity contribution in [3.8, 4) is 5.75 Å². The van der Waals surface area contributed by atoms with Crippen molar-refractivity contribution in [2.75, 3.05) is 25.7 Å². The van der Waals surface area contributed by atoms with Crippen molar-refractivity contribution in [1.29, 1.82) is 0 Å². The maximum Gasteiger partial charge on any atom is 0.435 e. The number of ether oxygens (including phenoxy) is 3. The minimum atomic E-state index is -0.774. The van der Waals surface area contributed by atoms with Crippen molar-refractivity contribution in [3.05, 3.63) is 82.8 Å². The Morgan fingerprint density at radius 1 is 1.02 bits per heavy atom. The molecular weight excluding hydrogens is 540 g/mol. The van der Waals surface area contributed by atoms with Crippen LogP contribution in [0, 0.1) is 13.8 Å². The number of pyridine rings is 1. The lowest BCUT2D eigenvalue weighted by atomic mass is 10.0. The molecule has 0 aliphatic heterocycles. The molecule has 42 heavy (non-hydrogen) atoms. The Morgan fingerprint density at radius 2 is 1.76 bits per heavy atom. The van der Waals surface area contributed by atoms with Gasteiger partial charge in [-0.15, -0.1) is 0 Å². The zero-order chi connectivity index (χ0) is 30.4. The summed E-state index contributed by atoms with van der Waals surface area (Å²) in [6, 6.07) is 14.1. The number of nitrogens with zero attached hydrogens (tertiary/aromatic N) is 5. The first-order chi connectivity index (χ1) is 20.1. The molecule has 0 atom stereocenters. The molecule has 0 saturated heterocycles. The minimum Gasteiger partial charge on any atom is -0.486 e. The maximum absolute atomic E-state index is 13.5. The van der Waals surface area contributed by atoms with Gasteiger partial charge in [0, 0.05) is 30.9 Å². The lowest BCUT2D eigenvalue weighted by Gasteiger charge is -2.21. The van der Waals surface area contributed by atoms with Gasteiger partial charge in [0.2, 0.25) is 0 Å². The van der Waals surface area contributed by atoms with Gasteiger partial charge in [-0.2, -0.15) is 4.99 Å². The van der Waals surface area contributed by atoms with Gasteiger partial charge in [0.15, 0.2) is 0 Å². The third kappa shape index (κ3) is 6.54. The molecule has 2 heterocycles. The molecule has 2 aromatic heterocycles. The lowest BCUT2D eigenvalue weighted by molar-refractivity contribution is -0.140. The van der Waals surface area contributed by atoms with Crippen LogP contribution < -0.4 is 15.4 Å². The second kappa shape index (κ2) is 12.9. The first-order valence-electron chi connectivity index (χ1n) is 13.0. The van der Waals surface area contributed by atoms with Crippen molar-refractivity contribution >= 4 is 40.7 Å². The summed E-state index contributed by atoms with van der Waals surface area (Å²) in [6.45, 7) is 3.97. The van der Waals surface area contributed by atoms with E-state index in [-0.39, 0.29) is 31.3 Å². The van der Waals surface area contributed by atoms with Crippen LogP contribution in [-0.4, -0.2) is 59.1 Å². The Hall–Kier alpha value is -5.26. The van der Waals surface area contributed by atoms with Gasteiger partial charge in [-0.3, -0.25) is 14.5 Å². The first kappa shape index (κ1) is 29.7. The summed E-state index contributed by atoms with van der Waals surface area (Å²) >= 11 is 0. The fourth-order valence-electron chi connectivity index (χ4n) is 4.57. The van der Waals surface area contributed by atoms with Gasteiger partial charge in [0.25, 0.3) is 5.91 Å². The number of nitrogens with two attached hydrogens (primary N) is 1. The molecule has 2 N–H and O–H groups in total. The molecule has 2 aromatic carbocycles. The smallest absolute Gasteiger partial charge is 0.435 e. The molecule has 4 aromatic rings. The number of amidine groups is 1. The zero-order valence-corrected chi connectivity index (χ0v) is 24.1. The number of benzene rings is 2. The van der Waals surface area contributed by atoms with E-state index in [0.29, 0.717) is 34.0 Å². The average Bonchev–Trinajstić information content (AvgIpc) is 3.30. The molecular formula is C30H32N6O6. The summed E-state index contributed by atoms with van der Waals surface area (Å²) in [5.74, 6) is 0.995. The van der Waals surface area contributed by atoms with E-state index in [9.17, 15) is 14.4 Å². The number of fused-ring (bicyclic) bond motifs is 1. The fourth-order valence-corrected chi connectivity index (χ4v) is 4.57. The van der Waals surface area contributed by atoms with E-state index < -0.39 is 12.1 Å². The SMILES string of the molecule is COC(=O)CCN(C(=O)c1ccc2c(c1)nc(COc1cc(C)c(/C(N)=N\C(=O)OC)c(C)c1)n2C)c1ccccn1. The van der Waals surface area contributed by atoms with Crippen LogP contribution in [0.15, 0.2) is 59.7 Å². The number of esters is 1. The fraction of sp³-hybridized carbons (Fsp3) is 0.267. The average molecular weight is 573 g/mol. The van der Waals surface area contributed by atoms with Gasteiger partial charge in [-0.1, -0.05) is 6.07 Å². The number of hydrogen-bond acceptors (Lipinski definition) is 8. The van der Waals surface area contributed by atoms with E-state index in [1.54, 1.807) is 36.5 Å². The van der Waals surface area contributed by atoms with Crippen molar-refractivity contribution in [3.63, 3.8) is 0 Å². The van der Waals surface area contributed by atoms with Crippen LogP contribution >= 0.6 is 0 Å². The highest BCUT2D eigenvalue weighted by Gasteiger charge is 2.21. The summed E-state index contributed by atoms with van der Waals surface area (Å²) in [6.07, 6.45) is 0.837. The number of aliphatic imine (C=N–C) groups is 1. The number of aromatic nitrogens is 3. The molecule has 0 radical (unpaired) electrons. The lowest BCUT2D eigenvalue weighted by Crippen LogP contribution is -2.33. The number of imidazole rings is 1. The normalized spacial score (nSPS) is 11.3. The number of hydrogen-bond donors (Lipinski definition) is 1. The molecule has 0 fully saturated rings. The van der Waals surface area contributed by atoms with Gasteiger partial charge < -0.3 is 24.5 Å². The molecule has 0 spiro atoms. The number of anilines is 1. The van der Waals surface area contributed by atoms with Crippen molar-refractivity contribution < 1.29 is 28.6 Å². The number of carbonyl (C=O) groups is 3. The quantitative estimate of drug-likeness (QED) is 0.179.